The second-order valence-corrected chi connectivity index (χ2v) is 5.03. The van der Waals surface area contributed by atoms with Gasteiger partial charge in [-0.05, 0) is 24.8 Å². The third-order valence-electron chi connectivity index (χ3n) is 2.98. The molecule has 0 radical (unpaired) electrons. The van der Waals surface area contributed by atoms with Crippen molar-refractivity contribution in [2.75, 3.05) is 18.1 Å². The average molecular weight is 261 g/mol. The molecule has 1 amide bonds. The lowest BCUT2D eigenvalue weighted by atomic mass is 10.1. The zero-order valence-electron chi connectivity index (χ0n) is 10.2. The van der Waals surface area contributed by atoms with Crippen LogP contribution >= 0.6 is 11.8 Å². The van der Waals surface area contributed by atoms with E-state index in [0.29, 0.717) is 18.5 Å². The fourth-order valence-corrected chi connectivity index (χ4v) is 2.60. The molecule has 0 spiro atoms. The summed E-state index contributed by atoms with van der Waals surface area (Å²) in [6, 6.07) is 8.16. The van der Waals surface area contributed by atoms with Crippen LogP contribution in [0.15, 0.2) is 23.1 Å². The molecule has 2 rings (SSSR count). The van der Waals surface area contributed by atoms with Crippen molar-refractivity contribution in [2.45, 2.75) is 23.8 Å². The van der Waals surface area contributed by atoms with E-state index in [9.17, 15) is 10.1 Å². The minimum absolute atomic E-state index is 0.111. The summed E-state index contributed by atoms with van der Waals surface area (Å²) < 4.78 is 0. The number of carbonyl (C=O) groups is 1. The van der Waals surface area contributed by atoms with Crippen molar-refractivity contribution in [1.82, 2.24) is 5.32 Å². The Kier molecular flexibility index (Phi) is 4.11. The zero-order chi connectivity index (χ0) is 13.0. The Hall–Kier alpha value is -1.67. The van der Waals surface area contributed by atoms with Gasteiger partial charge in [0.25, 0.3) is 0 Å². The van der Waals surface area contributed by atoms with E-state index in [1.807, 2.05) is 24.5 Å². The quantitative estimate of drug-likeness (QED) is 0.813. The van der Waals surface area contributed by atoms with E-state index in [2.05, 4.69) is 16.7 Å². The first-order valence-electron chi connectivity index (χ1n) is 5.85. The summed E-state index contributed by atoms with van der Waals surface area (Å²) in [7, 11) is 0. The van der Waals surface area contributed by atoms with E-state index in [4.69, 9.17) is 0 Å². The van der Waals surface area contributed by atoms with Crippen LogP contribution in [0.25, 0.3) is 0 Å². The molecule has 94 valence electrons. The molecule has 4 nitrogen and oxygen atoms in total. The van der Waals surface area contributed by atoms with Gasteiger partial charge in [-0.25, -0.2) is 0 Å². The maximum atomic E-state index is 11.1. The van der Waals surface area contributed by atoms with Gasteiger partial charge >= 0.3 is 0 Å². The molecule has 1 heterocycles. The third-order valence-corrected chi connectivity index (χ3v) is 3.76. The summed E-state index contributed by atoms with van der Waals surface area (Å²) >= 11 is 1.56. The predicted octanol–water partition coefficient (Wildman–Crippen LogP) is 1.97. The first-order valence-corrected chi connectivity index (χ1v) is 7.07. The van der Waals surface area contributed by atoms with Gasteiger partial charge < -0.3 is 10.6 Å². The minimum atomic E-state index is 0.111. The van der Waals surface area contributed by atoms with Crippen LogP contribution in [0, 0.1) is 11.3 Å². The maximum Gasteiger partial charge on any atom is 0.220 e. The summed E-state index contributed by atoms with van der Waals surface area (Å²) in [6.07, 6.45) is 3.41. The Morgan fingerprint density at radius 3 is 3.06 bits per heavy atom. The predicted molar refractivity (Wildman–Crippen MR) is 72.6 cm³/mol. The van der Waals surface area contributed by atoms with Crippen LogP contribution in [-0.2, 0) is 4.79 Å². The molecule has 0 aliphatic carbocycles. The molecule has 0 bridgehead atoms. The van der Waals surface area contributed by atoms with Crippen molar-refractivity contribution >= 4 is 23.4 Å². The fourth-order valence-electron chi connectivity index (χ4n) is 2.03. The number of nitrogens with one attached hydrogen (secondary N) is 2. The molecule has 1 atom stereocenters. The Morgan fingerprint density at radius 1 is 1.61 bits per heavy atom. The first kappa shape index (κ1) is 12.8. The SMILES string of the molecule is CSc1cccc(NCC2CCC(=O)N2)c1C#N. The number of hydrogen-bond acceptors (Lipinski definition) is 4. The van der Waals surface area contributed by atoms with Crippen molar-refractivity contribution in [1.29, 1.82) is 5.26 Å². The van der Waals surface area contributed by atoms with E-state index >= 15 is 0 Å². The summed E-state index contributed by atoms with van der Waals surface area (Å²) in [5.74, 6) is 0.111. The van der Waals surface area contributed by atoms with Crippen molar-refractivity contribution in [2.24, 2.45) is 0 Å². The molecule has 0 aromatic heterocycles. The van der Waals surface area contributed by atoms with E-state index < -0.39 is 0 Å². The highest BCUT2D eigenvalue weighted by atomic mass is 32.2. The topological polar surface area (TPSA) is 64.9 Å². The Labute approximate surface area is 111 Å². The lowest BCUT2D eigenvalue weighted by Gasteiger charge is -2.14. The van der Waals surface area contributed by atoms with Crippen LogP contribution < -0.4 is 10.6 Å². The van der Waals surface area contributed by atoms with Crippen LogP contribution in [0.2, 0.25) is 0 Å². The zero-order valence-corrected chi connectivity index (χ0v) is 11.0. The van der Waals surface area contributed by atoms with Crippen molar-refractivity contribution in [3.05, 3.63) is 23.8 Å². The van der Waals surface area contributed by atoms with E-state index in [0.717, 1.165) is 17.0 Å². The largest absolute Gasteiger partial charge is 0.382 e. The fraction of sp³-hybridized carbons (Fsp3) is 0.385. The lowest BCUT2D eigenvalue weighted by Crippen LogP contribution is -2.31. The summed E-state index contributed by atoms with van der Waals surface area (Å²) in [5.41, 5.74) is 1.51. The van der Waals surface area contributed by atoms with E-state index in [1.54, 1.807) is 11.8 Å². The maximum absolute atomic E-state index is 11.1. The van der Waals surface area contributed by atoms with Crippen LogP contribution in [0.1, 0.15) is 18.4 Å². The number of benzene rings is 1. The highest BCUT2D eigenvalue weighted by Crippen LogP contribution is 2.26. The van der Waals surface area contributed by atoms with Crippen LogP contribution in [-0.4, -0.2) is 24.7 Å². The van der Waals surface area contributed by atoms with Gasteiger partial charge in [0.05, 0.1) is 11.3 Å². The van der Waals surface area contributed by atoms with Crippen LogP contribution in [0.3, 0.4) is 0 Å². The number of anilines is 1. The van der Waals surface area contributed by atoms with E-state index in [-0.39, 0.29) is 11.9 Å². The molecule has 1 fully saturated rings. The Bertz CT molecular complexity index is 495. The number of nitriles is 1. The Balaban J connectivity index is 2.05. The molecule has 0 saturated carbocycles. The minimum Gasteiger partial charge on any atom is -0.382 e. The number of hydrogen-bond donors (Lipinski definition) is 2. The van der Waals surface area contributed by atoms with Gasteiger partial charge in [0.15, 0.2) is 0 Å². The van der Waals surface area contributed by atoms with Crippen LogP contribution in [0.4, 0.5) is 5.69 Å². The molecular weight excluding hydrogens is 246 g/mol. The summed E-state index contributed by atoms with van der Waals surface area (Å²) in [4.78, 5) is 12.1. The molecule has 1 saturated heterocycles. The third kappa shape index (κ3) is 2.77. The molecule has 1 aliphatic heterocycles. The normalized spacial score (nSPS) is 18.2. The molecule has 1 aromatic rings. The monoisotopic (exact) mass is 261 g/mol. The number of thioether (sulfide) groups is 1. The van der Waals surface area contributed by atoms with Gasteiger partial charge in [-0.3, -0.25) is 4.79 Å². The summed E-state index contributed by atoms with van der Waals surface area (Å²) in [5, 5.41) is 15.3. The van der Waals surface area contributed by atoms with Crippen molar-refractivity contribution < 1.29 is 4.79 Å². The van der Waals surface area contributed by atoms with Crippen LogP contribution in [0.5, 0.6) is 0 Å². The molecule has 1 aromatic carbocycles. The molecule has 1 unspecified atom stereocenters. The smallest absolute Gasteiger partial charge is 0.220 e. The number of carbonyl (C=O) groups excluding carboxylic acids is 1. The van der Waals surface area contributed by atoms with Gasteiger partial charge in [-0.1, -0.05) is 6.07 Å². The molecule has 1 aliphatic rings. The average Bonchev–Trinajstić information content (AvgIpc) is 2.81. The highest BCUT2D eigenvalue weighted by molar-refractivity contribution is 7.98. The molecule has 18 heavy (non-hydrogen) atoms. The summed E-state index contributed by atoms with van der Waals surface area (Å²) in [6.45, 7) is 0.665. The second kappa shape index (κ2) is 5.78. The number of amides is 1. The number of nitrogens with zero attached hydrogens (tertiary/aromatic N) is 1. The highest BCUT2D eigenvalue weighted by Gasteiger charge is 2.20. The number of rotatable bonds is 4. The molecular formula is C13H15N3OS. The Morgan fingerprint density at radius 2 is 2.44 bits per heavy atom. The standard InChI is InChI=1S/C13H15N3OS/c1-18-12-4-2-3-11(10(12)7-14)15-8-9-5-6-13(17)16-9/h2-4,9,15H,5-6,8H2,1H3,(H,16,17). The molecule has 5 heteroatoms. The molecule has 2 N–H and O–H groups in total. The first-order chi connectivity index (χ1) is 8.74. The van der Waals surface area contributed by atoms with Gasteiger partial charge in [0.2, 0.25) is 5.91 Å². The second-order valence-electron chi connectivity index (χ2n) is 4.18. The van der Waals surface area contributed by atoms with Gasteiger partial charge in [-0.15, -0.1) is 11.8 Å². The van der Waals surface area contributed by atoms with Crippen molar-refractivity contribution in [3.8, 4) is 6.07 Å². The van der Waals surface area contributed by atoms with Gasteiger partial charge in [-0.2, -0.15) is 5.26 Å². The van der Waals surface area contributed by atoms with Gasteiger partial charge in [0, 0.05) is 23.9 Å². The van der Waals surface area contributed by atoms with Gasteiger partial charge in [0.1, 0.15) is 6.07 Å². The van der Waals surface area contributed by atoms with Crippen molar-refractivity contribution in [3.63, 3.8) is 0 Å². The van der Waals surface area contributed by atoms with E-state index in [1.165, 1.54) is 0 Å². The lowest BCUT2D eigenvalue weighted by molar-refractivity contribution is -0.119.